The minimum atomic E-state index is -1.32. The number of piperazine rings is 1. The zero-order chi connectivity index (χ0) is 32.1. The number of rotatable bonds is 8. The molecular formula is C36H45N5O3S. The van der Waals surface area contributed by atoms with Gasteiger partial charge in [-0.05, 0) is 70.6 Å². The van der Waals surface area contributed by atoms with E-state index in [1.54, 1.807) is 0 Å². The smallest absolute Gasteiger partial charge is 0.272 e. The van der Waals surface area contributed by atoms with Crippen LogP contribution in [0.3, 0.4) is 0 Å². The molecule has 5 rings (SSSR count). The summed E-state index contributed by atoms with van der Waals surface area (Å²) >= 11 is 0. The van der Waals surface area contributed by atoms with Gasteiger partial charge in [-0.2, -0.15) is 0 Å². The number of benzene rings is 2. The number of aromatic nitrogens is 1. The van der Waals surface area contributed by atoms with Gasteiger partial charge in [0, 0.05) is 62.6 Å². The summed E-state index contributed by atoms with van der Waals surface area (Å²) in [4.78, 5) is 25.3. The van der Waals surface area contributed by atoms with Crippen molar-refractivity contribution in [2.75, 3.05) is 53.4 Å². The monoisotopic (exact) mass is 627 g/mol. The molecule has 1 saturated heterocycles. The Morgan fingerprint density at radius 2 is 1.78 bits per heavy atom. The Labute approximate surface area is 270 Å². The van der Waals surface area contributed by atoms with E-state index in [1.807, 2.05) is 85.4 Å². The summed E-state index contributed by atoms with van der Waals surface area (Å²) in [6.45, 7) is 10.6. The van der Waals surface area contributed by atoms with Crippen LogP contribution in [0, 0.1) is 11.8 Å². The van der Waals surface area contributed by atoms with Gasteiger partial charge in [0.25, 0.3) is 5.91 Å². The number of pyridine rings is 1. The number of carbonyl (C=O) groups is 1. The summed E-state index contributed by atoms with van der Waals surface area (Å²) in [7, 11) is 2.64. The minimum Gasteiger partial charge on any atom is -0.396 e. The Morgan fingerprint density at radius 1 is 1.04 bits per heavy atom. The zero-order valence-electron chi connectivity index (χ0n) is 27.1. The molecule has 2 aromatic carbocycles. The fourth-order valence-corrected chi connectivity index (χ4v) is 7.36. The van der Waals surface area contributed by atoms with Crippen molar-refractivity contribution in [2.45, 2.75) is 51.1 Å². The van der Waals surface area contributed by atoms with Crippen LogP contribution in [0.4, 0.5) is 0 Å². The average Bonchev–Trinajstić information content (AvgIpc) is 3.38. The van der Waals surface area contributed by atoms with Gasteiger partial charge in [0.2, 0.25) is 0 Å². The van der Waals surface area contributed by atoms with E-state index in [2.05, 4.69) is 41.0 Å². The van der Waals surface area contributed by atoms with Gasteiger partial charge in [-0.1, -0.05) is 54.3 Å². The lowest BCUT2D eigenvalue weighted by molar-refractivity contribution is 0.0622. The highest BCUT2D eigenvalue weighted by molar-refractivity contribution is 7.84. The third-order valence-corrected chi connectivity index (χ3v) is 10.0. The number of aliphatic hydroxyl groups excluding tert-OH is 1. The molecule has 1 aromatic heterocycles. The quantitative estimate of drug-likeness (QED) is 0.375. The van der Waals surface area contributed by atoms with Crippen LogP contribution < -0.4 is 0 Å². The van der Waals surface area contributed by atoms with Crippen LogP contribution in [0.2, 0.25) is 0 Å². The van der Waals surface area contributed by atoms with Crippen molar-refractivity contribution in [3.63, 3.8) is 0 Å². The first kappa shape index (κ1) is 33.0. The van der Waals surface area contributed by atoms with Crippen LogP contribution in [0.15, 0.2) is 60.7 Å². The molecular weight excluding hydrogens is 582 g/mol. The second kappa shape index (κ2) is 14.4. The molecule has 0 bridgehead atoms. The lowest BCUT2D eigenvalue weighted by Gasteiger charge is -2.34. The van der Waals surface area contributed by atoms with E-state index in [0.717, 1.165) is 41.9 Å². The van der Waals surface area contributed by atoms with E-state index in [1.165, 1.54) is 5.56 Å². The molecule has 0 radical (unpaired) electrons. The van der Waals surface area contributed by atoms with Crippen molar-refractivity contribution in [1.82, 2.24) is 24.0 Å². The fourth-order valence-electron chi connectivity index (χ4n) is 5.96. The van der Waals surface area contributed by atoms with Crippen molar-refractivity contribution in [1.29, 1.82) is 0 Å². The first-order valence-electron chi connectivity index (χ1n) is 15.7. The molecule has 1 amide bonds. The second-order valence-electron chi connectivity index (χ2n) is 13.1. The third kappa shape index (κ3) is 7.89. The second-order valence-corrected chi connectivity index (χ2v) is 15.3. The Bertz CT molecular complexity index is 1580. The van der Waals surface area contributed by atoms with Gasteiger partial charge in [-0.15, -0.1) is 0 Å². The summed E-state index contributed by atoms with van der Waals surface area (Å²) in [5.74, 6) is 6.36. The van der Waals surface area contributed by atoms with Crippen LogP contribution in [0.1, 0.15) is 66.0 Å². The number of nitrogens with zero attached hydrogens (tertiary/aromatic N) is 5. The van der Waals surface area contributed by atoms with Gasteiger partial charge in [-0.25, -0.2) is 13.5 Å². The minimum absolute atomic E-state index is 0.0502. The molecule has 0 spiro atoms. The van der Waals surface area contributed by atoms with Crippen LogP contribution in [0.5, 0.6) is 0 Å². The summed E-state index contributed by atoms with van der Waals surface area (Å²) in [6.07, 6.45) is 0.419. The van der Waals surface area contributed by atoms with Gasteiger partial charge in [-0.3, -0.25) is 14.6 Å². The number of carbonyl (C=O) groups excluding carboxylic acids is 1. The number of aliphatic hydroxyl groups is 1. The van der Waals surface area contributed by atoms with Crippen LogP contribution in [0.25, 0.3) is 11.3 Å². The average molecular weight is 628 g/mol. The van der Waals surface area contributed by atoms with E-state index in [9.17, 15) is 14.1 Å². The van der Waals surface area contributed by atoms with E-state index in [-0.39, 0.29) is 18.6 Å². The standard InChI is InChI=1S/C36H45N5O3S/c1-36(2,3)45(44)41-26-30-24-31(35(43)40-20-18-39(19-21-40)25-28-11-7-6-8-12-28)37-34(33(30)32(41)16-22-42)29-15-9-13-27(23-29)14-10-17-38(4)5/h6-9,11-13,15,23-24,32,42H,16-22,25-26H2,1-5H3/t32-,45?/m0/s1. The summed E-state index contributed by atoms with van der Waals surface area (Å²) in [5.41, 5.74) is 5.96. The van der Waals surface area contributed by atoms with Crippen molar-refractivity contribution in [3.05, 3.63) is 88.6 Å². The molecule has 3 aromatic rings. The first-order valence-corrected chi connectivity index (χ1v) is 16.8. The van der Waals surface area contributed by atoms with Gasteiger partial charge >= 0.3 is 0 Å². The number of hydrogen-bond donors (Lipinski definition) is 1. The maximum Gasteiger partial charge on any atom is 0.272 e. The van der Waals surface area contributed by atoms with E-state index in [4.69, 9.17) is 4.98 Å². The molecule has 0 aliphatic carbocycles. The van der Waals surface area contributed by atoms with Crippen LogP contribution >= 0.6 is 0 Å². The van der Waals surface area contributed by atoms with Crippen molar-refractivity contribution >= 4 is 16.9 Å². The predicted molar refractivity (Wildman–Crippen MR) is 181 cm³/mol. The molecule has 45 heavy (non-hydrogen) atoms. The number of hydrogen-bond acceptors (Lipinski definition) is 6. The largest absolute Gasteiger partial charge is 0.396 e. The Hall–Kier alpha value is -3.39. The summed E-state index contributed by atoms with van der Waals surface area (Å²) in [6, 6.07) is 20.0. The Balaban J connectivity index is 1.49. The predicted octanol–water partition coefficient (Wildman–Crippen LogP) is 4.32. The lowest BCUT2D eigenvalue weighted by Crippen LogP contribution is -2.48. The normalized spacial score (nSPS) is 18.0. The molecule has 8 nitrogen and oxygen atoms in total. The van der Waals surface area contributed by atoms with E-state index in [0.29, 0.717) is 44.0 Å². The molecule has 2 atom stereocenters. The molecule has 1 unspecified atom stereocenters. The van der Waals surface area contributed by atoms with Crippen molar-refractivity contribution in [2.24, 2.45) is 0 Å². The van der Waals surface area contributed by atoms with Crippen molar-refractivity contribution < 1.29 is 14.1 Å². The molecule has 1 fully saturated rings. The van der Waals surface area contributed by atoms with Crippen molar-refractivity contribution in [3.8, 4) is 23.1 Å². The fraction of sp³-hybridized carbons (Fsp3) is 0.444. The number of fused-ring (bicyclic) bond motifs is 1. The van der Waals surface area contributed by atoms with Gasteiger partial charge < -0.3 is 10.0 Å². The van der Waals surface area contributed by atoms with Gasteiger partial charge in [0.15, 0.2) is 0 Å². The SMILES string of the molecule is CN(C)CC#Cc1cccc(-c2nc(C(=O)N3CCN(Cc4ccccc4)CC3)cc3c2[C@H](CCO)N(S(=O)C(C)(C)C)C3)c1. The van der Waals surface area contributed by atoms with E-state index < -0.39 is 15.7 Å². The molecule has 2 aliphatic rings. The summed E-state index contributed by atoms with van der Waals surface area (Å²) in [5, 5.41) is 10.1. The first-order chi connectivity index (χ1) is 21.5. The molecule has 2 aliphatic heterocycles. The molecule has 9 heteroatoms. The highest BCUT2D eigenvalue weighted by atomic mass is 32.2. The van der Waals surface area contributed by atoms with Crippen LogP contribution in [-0.2, 0) is 24.1 Å². The molecule has 1 N–H and O–H groups in total. The Morgan fingerprint density at radius 3 is 2.44 bits per heavy atom. The maximum atomic E-state index is 14.0. The topological polar surface area (TPSA) is 80.2 Å². The molecule has 3 heterocycles. The Kier molecular flexibility index (Phi) is 10.5. The molecule has 0 saturated carbocycles. The third-order valence-electron chi connectivity index (χ3n) is 8.18. The van der Waals surface area contributed by atoms with Crippen LogP contribution in [-0.4, -0.2) is 97.4 Å². The van der Waals surface area contributed by atoms with Gasteiger partial charge in [0.1, 0.15) is 16.7 Å². The van der Waals surface area contributed by atoms with E-state index >= 15 is 0 Å². The number of amides is 1. The lowest BCUT2D eigenvalue weighted by atomic mass is 9.95. The summed E-state index contributed by atoms with van der Waals surface area (Å²) < 4.78 is 15.2. The highest BCUT2D eigenvalue weighted by Crippen LogP contribution is 2.44. The zero-order valence-corrected chi connectivity index (χ0v) is 27.9. The highest BCUT2D eigenvalue weighted by Gasteiger charge is 2.40. The van der Waals surface area contributed by atoms with Gasteiger partial charge in [0.05, 0.1) is 23.0 Å². The maximum absolute atomic E-state index is 14.0. The molecule has 238 valence electrons.